The maximum atomic E-state index is 12.2. The van der Waals surface area contributed by atoms with Crippen molar-refractivity contribution in [2.45, 2.75) is 51.7 Å². The topological polar surface area (TPSA) is 62.1 Å². The normalized spacial score (nSPS) is 22.9. The number of rotatable bonds is 4. The number of hydrogen-bond acceptors (Lipinski definition) is 3. The van der Waals surface area contributed by atoms with Gasteiger partial charge in [0, 0.05) is 6.04 Å². The Morgan fingerprint density at radius 1 is 1.43 bits per heavy atom. The van der Waals surface area contributed by atoms with E-state index in [1.807, 2.05) is 0 Å². The maximum absolute atomic E-state index is 12.2. The summed E-state index contributed by atoms with van der Waals surface area (Å²) in [6, 6.07) is 9.18. The average molecular weight is 286 g/mol. The van der Waals surface area contributed by atoms with Crippen LogP contribution in [0.4, 0.5) is 0 Å². The highest BCUT2D eigenvalue weighted by Crippen LogP contribution is 2.24. The van der Waals surface area contributed by atoms with Gasteiger partial charge in [0.25, 0.3) is 5.91 Å². The minimum Gasteiger partial charge on any atom is -0.481 e. The summed E-state index contributed by atoms with van der Waals surface area (Å²) >= 11 is 0. The molecular weight excluding hydrogens is 264 g/mol. The van der Waals surface area contributed by atoms with Crippen LogP contribution >= 0.6 is 0 Å². The van der Waals surface area contributed by atoms with Gasteiger partial charge in [-0.2, -0.15) is 5.26 Å². The molecule has 0 radical (unpaired) electrons. The molecule has 1 aromatic carbocycles. The molecule has 1 saturated carbocycles. The summed E-state index contributed by atoms with van der Waals surface area (Å²) in [5, 5.41) is 12.0. The van der Waals surface area contributed by atoms with Gasteiger partial charge >= 0.3 is 0 Å². The summed E-state index contributed by atoms with van der Waals surface area (Å²) in [6.07, 6.45) is 4.08. The third-order valence-electron chi connectivity index (χ3n) is 4.08. The minimum absolute atomic E-state index is 0.0869. The SMILES string of the molecule is C[C@@H](Oc1cccc(C#N)c1)C(=O)N[C@@H]1CCCC[C@@H]1C. The second kappa shape index (κ2) is 7.12. The van der Waals surface area contributed by atoms with Gasteiger partial charge in [0.15, 0.2) is 6.10 Å². The number of nitrogens with zero attached hydrogens (tertiary/aromatic N) is 1. The number of carbonyl (C=O) groups excluding carboxylic acids is 1. The van der Waals surface area contributed by atoms with Gasteiger partial charge < -0.3 is 10.1 Å². The van der Waals surface area contributed by atoms with Crippen molar-refractivity contribution in [2.24, 2.45) is 5.92 Å². The fourth-order valence-electron chi connectivity index (χ4n) is 2.73. The number of ether oxygens (including phenoxy) is 1. The van der Waals surface area contributed by atoms with Crippen molar-refractivity contribution in [1.82, 2.24) is 5.32 Å². The van der Waals surface area contributed by atoms with E-state index in [1.165, 1.54) is 19.3 Å². The zero-order chi connectivity index (χ0) is 15.2. The molecule has 4 heteroatoms. The fraction of sp³-hybridized carbons (Fsp3) is 0.529. The summed E-state index contributed by atoms with van der Waals surface area (Å²) in [5.74, 6) is 0.987. The van der Waals surface area contributed by atoms with Crippen LogP contribution in [0.25, 0.3) is 0 Å². The molecule has 1 fully saturated rings. The highest BCUT2D eigenvalue weighted by Gasteiger charge is 2.25. The Morgan fingerprint density at radius 3 is 2.90 bits per heavy atom. The molecular formula is C17H22N2O2. The second-order valence-corrected chi connectivity index (χ2v) is 5.78. The van der Waals surface area contributed by atoms with E-state index in [2.05, 4.69) is 18.3 Å². The lowest BCUT2D eigenvalue weighted by molar-refractivity contribution is -0.128. The monoisotopic (exact) mass is 286 g/mol. The Kier molecular flexibility index (Phi) is 5.21. The molecule has 1 aromatic rings. The zero-order valence-corrected chi connectivity index (χ0v) is 12.6. The Labute approximate surface area is 126 Å². The van der Waals surface area contributed by atoms with Crippen molar-refractivity contribution in [2.75, 3.05) is 0 Å². The number of amides is 1. The van der Waals surface area contributed by atoms with E-state index >= 15 is 0 Å². The van der Waals surface area contributed by atoms with Gasteiger partial charge in [-0.05, 0) is 43.9 Å². The van der Waals surface area contributed by atoms with Crippen LogP contribution < -0.4 is 10.1 Å². The van der Waals surface area contributed by atoms with Gasteiger partial charge in [0.05, 0.1) is 11.6 Å². The van der Waals surface area contributed by atoms with Gasteiger partial charge in [-0.25, -0.2) is 0 Å². The molecule has 1 amide bonds. The number of benzene rings is 1. The van der Waals surface area contributed by atoms with Gasteiger partial charge in [-0.1, -0.05) is 25.8 Å². The molecule has 0 aliphatic heterocycles. The van der Waals surface area contributed by atoms with E-state index in [0.29, 0.717) is 17.2 Å². The number of nitriles is 1. The smallest absolute Gasteiger partial charge is 0.261 e. The fourth-order valence-corrected chi connectivity index (χ4v) is 2.73. The van der Waals surface area contributed by atoms with Crippen molar-refractivity contribution >= 4 is 5.91 Å². The lowest BCUT2D eigenvalue weighted by Gasteiger charge is -2.30. The van der Waals surface area contributed by atoms with Crippen LogP contribution in [0.1, 0.15) is 45.1 Å². The Bertz CT molecular complexity index is 536. The van der Waals surface area contributed by atoms with Crippen molar-refractivity contribution < 1.29 is 9.53 Å². The minimum atomic E-state index is -0.562. The molecule has 2 rings (SSSR count). The molecule has 0 heterocycles. The Hall–Kier alpha value is -2.02. The first-order chi connectivity index (χ1) is 10.1. The van der Waals surface area contributed by atoms with E-state index in [4.69, 9.17) is 10.00 Å². The molecule has 0 aromatic heterocycles. The Morgan fingerprint density at radius 2 is 2.19 bits per heavy atom. The van der Waals surface area contributed by atoms with Crippen molar-refractivity contribution in [3.05, 3.63) is 29.8 Å². The van der Waals surface area contributed by atoms with Gasteiger partial charge in [0.2, 0.25) is 0 Å². The first-order valence-corrected chi connectivity index (χ1v) is 7.57. The van der Waals surface area contributed by atoms with E-state index in [0.717, 1.165) is 6.42 Å². The van der Waals surface area contributed by atoms with Gasteiger partial charge in [-0.3, -0.25) is 4.79 Å². The van der Waals surface area contributed by atoms with Crippen LogP contribution in [0.15, 0.2) is 24.3 Å². The van der Waals surface area contributed by atoms with Crippen LogP contribution in [0.2, 0.25) is 0 Å². The summed E-state index contributed by atoms with van der Waals surface area (Å²) in [4.78, 5) is 12.2. The summed E-state index contributed by atoms with van der Waals surface area (Å²) in [5.41, 5.74) is 0.529. The molecule has 0 saturated heterocycles. The lowest BCUT2D eigenvalue weighted by Crippen LogP contribution is -2.46. The molecule has 0 unspecified atom stereocenters. The molecule has 112 valence electrons. The quantitative estimate of drug-likeness (QED) is 0.925. The molecule has 1 N–H and O–H groups in total. The lowest BCUT2D eigenvalue weighted by atomic mass is 9.86. The first kappa shape index (κ1) is 15.4. The summed E-state index contributed by atoms with van der Waals surface area (Å²) in [7, 11) is 0. The van der Waals surface area contributed by atoms with Crippen LogP contribution in [0, 0.1) is 17.2 Å². The molecule has 21 heavy (non-hydrogen) atoms. The van der Waals surface area contributed by atoms with Crippen molar-refractivity contribution in [3.8, 4) is 11.8 Å². The third-order valence-corrected chi connectivity index (χ3v) is 4.08. The molecule has 1 aliphatic rings. The highest BCUT2D eigenvalue weighted by molar-refractivity contribution is 5.81. The maximum Gasteiger partial charge on any atom is 0.261 e. The summed E-state index contributed by atoms with van der Waals surface area (Å²) in [6.45, 7) is 3.92. The number of nitrogens with one attached hydrogen (secondary N) is 1. The third kappa shape index (κ3) is 4.22. The van der Waals surface area contributed by atoms with E-state index in [1.54, 1.807) is 31.2 Å². The van der Waals surface area contributed by atoms with Gasteiger partial charge in [-0.15, -0.1) is 0 Å². The molecule has 3 atom stereocenters. The highest BCUT2D eigenvalue weighted by atomic mass is 16.5. The molecule has 0 spiro atoms. The average Bonchev–Trinajstić information content (AvgIpc) is 2.49. The van der Waals surface area contributed by atoms with E-state index < -0.39 is 6.10 Å². The van der Waals surface area contributed by atoms with Crippen LogP contribution in [-0.2, 0) is 4.79 Å². The van der Waals surface area contributed by atoms with Crippen LogP contribution in [-0.4, -0.2) is 18.1 Å². The van der Waals surface area contributed by atoms with Crippen LogP contribution in [0.5, 0.6) is 5.75 Å². The van der Waals surface area contributed by atoms with E-state index in [9.17, 15) is 4.79 Å². The van der Waals surface area contributed by atoms with Crippen molar-refractivity contribution in [1.29, 1.82) is 5.26 Å². The van der Waals surface area contributed by atoms with Crippen LogP contribution in [0.3, 0.4) is 0 Å². The second-order valence-electron chi connectivity index (χ2n) is 5.78. The molecule has 1 aliphatic carbocycles. The predicted octanol–water partition coefficient (Wildman–Crippen LogP) is 3.02. The standard InChI is InChI=1S/C17H22N2O2/c1-12-6-3-4-9-16(12)19-17(20)13(2)21-15-8-5-7-14(10-15)11-18/h5,7-8,10,12-13,16H,3-4,6,9H2,1-2H3,(H,19,20)/t12-,13+,16+/m0/s1. The zero-order valence-electron chi connectivity index (χ0n) is 12.6. The molecule has 0 bridgehead atoms. The van der Waals surface area contributed by atoms with Gasteiger partial charge in [0.1, 0.15) is 5.75 Å². The summed E-state index contributed by atoms with van der Waals surface area (Å²) < 4.78 is 5.63. The molecule has 4 nitrogen and oxygen atoms in total. The first-order valence-electron chi connectivity index (χ1n) is 7.57. The number of hydrogen-bond donors (Lipinski definition) is 1. The van der Waals surface area contributed by atoms with Crippen molar-refractivity contribution in [3.63, 3.8) is 0 Å². The number of carbonyl (C=O) groups is 1. The largest absolute Gasteiger partial charge is 0.481 e. The Balaban J connectivity index is 1.91. The van der Waals surface area contributed by atoms with E-state index in [-0.39, 0.29) is 11.9 Å². The predicted molar refractivity (Wildman–Crippen MR) is 80.8 cm³/mol.